The molecule has 1 rings (SSSR count). The van der Waals surface area contributed by atoms with Crippen LogP contribution in [-0.4, -0.2) is 38.1 Å². The summed E-state index contributed by atoms with van der Waals surface area (Å²) in [5.41, 5.74) is 0.403. The lowest BCUT2D eigenvalue weighted by Crippen LogP contribution is -2.41. The van der Waals surface area contributed by atoms with Crippen LogP contribution in [0.1, 0.15) is 10.4 Å². The van der Waals surface area contributed by atoms with E-state index in [1.807, 2.05) is 0 Å². The fourth-order valence-electron chi connectivity index (χ4n) is 1.38. The van der Waals surface area contributed by atoms with E-state index < -0.39 is 24.8 Å². The number of methoxy groups -OCH3 is 1. The first-order chi connectivity index (χ1) is 8.36. The highest BCUT2D eigenvalue weighted by molar-refractivity contribution is 7.64. The van der Waals surface area contributed by atoms with Gasteiger partial charge in [-0.25, -0.2) is 4.79 Å². The number of hydrogen-bond acceptors (Lipinski definition) is 4. The molecule has 1 atom stereocenters. The Hall–Kier alpha value is -1.61. The van der Waals surface area contributed by atoms with Gasteiger partial charge in [0, 0.05) is 5.56 Å². The monoisotopic (exact) mass is 269 g/mol. The van der Waals surface area contributed by atoms with Crippen molar-refractivity contribution in [1.29, 1.82) is 0 Å². The molecule has 0 heterocycles. The van der Waals surface area contributed by atoms with E-state index >= 15 is 0 Å². The van der Waals surface area contributed by atoms with E-state index in [1.165, 1.54) is 20.4 Å². The highest BCUT2D eigenvalue weighted by Gasteiger charge is 2.33. The van der Waals surface area contributed by atoms with Gasteiger partial charge >= 0.3 is 5.97 Å². The maximum absolute atomic E-state index is 12.0. The van der Waals surface area contributed by atoms with Crippen molar-refractivity contribution < 1.29 is 18.9 Å². The number of benzene rings is 1. The smallest absolute Gasteiger partial charge is 0.336 e. The van der Waals surface area contributed by atoms with E-state index in [1.54, 1.807) is 30.3 Å². The van der Waals surface area contributed by atoms with Crippen molar-refractivity contribution in [2.45, 2.75) is 5.78 Å². The van der Waals surface area contributed by atoms with Gasteiger partial charge < -0.3 is 14.6 Å². The predicted octanol–water partition coefficient (Wildman–Crippen LogP) is 1.54. The van der Waals surface area contributed by atoms with Crippen LogP contribution in [0.3, 0.4) is 0 Å². The Kier molecular flexibility index (Phi) is 4.68. The van der Waals surface area contributed by atoms with Crippen LogP contribution < -0.4 is 5.32 Å². The summed E-state index contributed by atoms with van der Waals surface area (Å²) in [5, 5.41) is 2.45. The Labute approximate surface area is 106 Å². The largest absolute Gasteiger partial charge is 0.467 e. The van der Waals surface area contributed by atoms with Gasteiger partial charge in [-0.05, 0) is 25.5 Å². The predicted molar refractivity (Wildman–Crippen MR) is 69.2 cm³/mol. The summed E-state index contributed by atoms with van der Waals surface area (Å²) in [6, 6.07) is 8.41. The van der Waals surface area contributed by atoms with Gasteiger partial charge in [0.15, 0.2) is 5.78 Å². The van der Waals surface area contributed by atoms with Gasteiger partial charge in [0.25, 0.3) is 5.91 Å². The lowest BCUT2D eigenvalue weighted by molar-refractivity contribution is -0.140. The molecular weight excluding hydrogens is 253 g/mol. The van der Waals surface area contributed by atoms with Gasteiger partial charge in [-0.3, -0.25) is 4.79 Å². The molecule has 6 heteroatoms. The van der Waals surface area contributed by atoms with Crippen LogP contribution in [0.15, 0.2) is 30.3 Å². The zero-order chi connectivity index (χ0) is 13.8. The van der Waals surface area contributed by atoms with E-state index in [0.29, 0.717) is 5.56 Å². The fraction of sp³-hybridized carbons (Fsp3) is 0.333. The Balaban J connectivity index is 2.89. The summed E-state index contributed by atoms with van der Waals surface area (Å²) in [7, 11) is -1.64. The minimum Gasteiger partial charge on any atom is -0.467 e. The van der Waals surface area contributed by atoms with Crippen LogP contribution in [0.25, 0.3) is 0 Å². The van der Waals surface area contributed by atoms with Crippen LogP contribution >= 0.6 is 7.14 Å². The summed E-state index contributed by atoms with van der Waals surface area (Å²) >= 11 is 0. The van der Waals surface area contributed by atoms with E-state index in [4.69, 9.17) is 0 Å². The lowest BCUT2D eigenvalue weighted by atomic mass is 10.2. The third kappa shape index (κ3) is 3.70. The molecule has 1 aromatic carbocycles. The summed E-state index contributed by atoms with van der Waals surface area (Å²) in [5.74, 6) is -2.27. The Bertz CT molecular complexity index is 480. The number of carbonyl (C=O) groups is 2. The Morgan fingerprint density at radius 2 is 1.78 bits per heavy atom. The van der Waals surface area contributed by atoms with Gasteiger partial charge in [0.1, 0.15) is 7.14 Å². The number of amides is 1. The minimum atomic E-state index is -2.83. The first-order valence-electron chi connectivity index (χ1n) is 5.34. The summed E-state index contributed by atoms with van der Waals surface area (Å²) < 4.78 is 16.5. The van der Waals surface area contributed by atoms with Crippen molar-refractivity contribution in [3.8, 4) is 0 Å². The van der Waals surface area contributed by atoms with Crippen LogP contribution in [-0.2, 0) is 14.1 Å². The van der Waals surface area contributed by atoms with Crippen molar-refractivity contribution in [2.24, 2.45) is 0 Å². The van der Waals surface area contributed by atoms with E-state index in [2.05, 4.69) is 10.1 Å². The second-order valence-corrected chi connectivity index (χ2v) is 7.58. The van der Waals surface area contributed by atoms with Crippen LogP contribution in [0.2, 0.25) is 0 Å². The standard InChI is InChI=1S/C12H16NO4P/c1-17-12(15)11(18(2,3)16)13-10(14)9-7-5-4-6-8-9/h4-8,11H,1-3H3,(H,13,14). The molecule has 5 nitrogen and oxygen atoms in total. The van der Waals surface area contributed by atoms with Gasteiger partial charge in [-0.2, -0.15) is 0 Å². The third-order valence-electron chi connectivity index (χ3n) is 2.35. The van der Waals surface area contributed by atoms with Crippen molar-refractivity contribution in [3.63, 3.8) is 0 Å². The SMILES string of the molecule is COC(=O)C(NC(=O)c1ccccc1)P(C)(C)=O. The molecule has 0 saturated carbocycles. The van der Waals surface area contributed by atoms with E-state index in [-0.39, 0.29) is 0 Å². The van der Waals surface area contributed by atoms with Crippen molar-refractivity contribution in [2.75, 3.05) is 20.4 Å². The number of carbonyl (C=O) groups excluding carboxylic acids is 2. The van der Waals surface area contributed by atoms with Gasteiger partial charge in [0.05, 0.1) is 7.11 Å². The average molecular weight is 269 g/mol. The number of hydrogen-bond donors (Lipinski definition) is 1. The van der Waals surface area contributed by atoms with E-state index in [0.717, 1.165) is 0 Å². The molecule has 1 unspecified atom stereocenters. The van der Waals surface area contributed by atoms with Gasteiger partial charge in [-0.1, -0.05) is 18.2 Å². The molecule has 0 fully saturated rings. The third-order valence-corrected chi connectivity index (χ3v) is 3.93. The number of rotatable bonds is 4. The number of esters is 1. The topological polar surface area (TPSA) is 72.5 Å². The van der Waals surface area contributed by atoms with Crippen LogP contribution in [0, 0.1) is 0 Å². The van der Waals surface area contributed by atoms with Crippen molar-refractivity contribution >= 4 is 19.0 Å². The fourth-order valence-corrected chi connectivity index (χ4v) is 2.42. The van der Waals surface area contributed by atoms with E-state index in [9.17, 15) is 14.2 Å². The van der Waals surface area contributed by atoms with Crippen molar-refractivity contribution in [3.05, 3.63) is 35.9 Å². The molecule has 1 N–H and O–H groups in total. The number of ether oxygens (including phenoxy) is 1. The molecule has 0 aliphatic heterocycles. The molecular formula is C12H16NO4P. The average Bonchev–Trinajstić information content (AvgIpc) is 2.34. The molecule has 1 amide bonds. The molecule has 1 aromatic rings. The normalized spacial score (nSPS) is 12.6. The Morgan fingerprint density at radius 3 is 2.22 bits per heavy atom. The molecule has 0 spiro atoms. The molecule has 0 aliphatic rings. The van der Waals surface area contributed by atoms with Crippen molar-refractivity contribution in [1.82, 2.24) is 5.32 Å². The minimum absolute atomic E-state index is 0.403. The quantitative estimate of drug-likeness (QED) is 0.664. The summed E-state index contributed by atoms with van der Waals surface area (Å²) in [6.45, 7) is 2.86. The molecule has 18 heavy (non-hydrogen) atoms. The zero-order valence-electron chi connectivity index (χ0n) is 10.5. The lowest BCUT2D eigenvalue weighted by Gasteiger charge is -2.20. The molecule has 0 radical (unpaired) electrons. The zero-order valence-corrected chi connectivity index (χ0v) is 11.4. The summed E-state index contributed by atoms with van der Waals surface area (Å²) in [4.78, 5) is 23.4. The maximum Gasteiger partial charge on any atom is 0.336 e. The second kappa shape index (κ2) is 5.83. The number of nitrogens with one attached hydrogen (secondary N) is 1. The van der Waals surface area contributed by atoms with Gasteiger partial charge in [0.2, 0.25) is 0 Å². The maximum atomic E-state index is 12.0. The Morgan fingerprint density at radius 1 is 1.22 bits per heavy atom. The summed E-state index contributed by atoms with van der Waals surface area (Å²) in [6.07, 6.45) is 0. The van der Waals surface area contributed by atoms with Crippen LogP contribution in [0.5, 0.6) is 0 Å². The highest BCUT2D eigenvalue weighted by atomic mass is 31.2. The first-order valence-corrected chi connectivity index (χ1v) is 8.01. The first kappa shape index (κ1) is 14.5. The van der Waals surface area contributed by atoms with Crippen LogP contribution in [0.4, 0.5) is 0 Å². The highest BCUT2D eigenvalue weighted by Crippen LogP contribution is 2.41. The molecule has 0 aliphatic carbocycles. The van der Waals surface area contributed by atoms with Gasteiger partial charge in [-0.15, -0.1) is 0 Å². The molecule has 0 saturated heterocycles. The molecule has 0 aromatic heterocycles. The second-order valence-electron chi connectivity index (χ2n) is 4.20. The molecule has 0 bridgehead atoms. The molecule has 98 valence electrons.